The van der Waals surface area contributed by atoms with E-state index in [-0.39, 0.29) is 11.9 Å². The van der Waals surface area contributed by atoms with Crippen LogP contribution in [0, 0.1) is 0 Å². The SMILES string of the molecule is COc1cccc(C=CC(=O)c2ccc(N(C)C)cc2)c1OC(C)C. The summed E-state index contributed by atoms with van der Waals surface area (Å²) >= 11 is 0. The van der Waals surface area contributed by atoms with Crippen molar-refractivity contribution in [3.05, 3.63) is 59.7 Å². The molecule has 132 valence electrons. The molecule has 0 aliphatic rings. The Hall–Kier alpha value is -2.75. The number of carbonyl (C=O) groups excluding carboxylic acids is 1. The summed E-state index contributed by atoms with van der Waals surface area (Å²) in [5.74, 6) is 1.24. The van der Waals surface area contributed by atoms with Crippen molar-refractivity contribution in [1.82, 2.24) is 0 Å². The third kappa shape index (κ3) is 4.86. The predicted octanol–water partition coefficient (Wildman–Crippen LogP) is 4.44. The summed E-state index contributed by atoms with van der Waals surface area (Å²) in [6.45, 7) is 3.91. The molecule has 0 fully saturated rings. The number of hydrogen-bond acceptors (Lipinski definition) is 4. The zero-order valence-electron chi connectivity index (χ0n) is 15.4. The van der Waals surface area contributed by atoms with Crippen molar-refractivity contribution in [2.45, 2.75) is 20.0 Å². The molecule has 0 aromatic heterocycles. The molecule has 0 amide bonds. The molecule has 0 spiro atoms. The van der Waals surface area contributed by atoms with Gasteiger partial charge >= 0.3 is 0 Å². The van der Waals surface area contributed by atoms with Crippen molar-refractivity contribution >= 4 is 17.5 Å². The number of carbonyl (C=O) groups is 1. The van der Waals surface area contributed by atoms with Gasteiger partial charge in [-0.05, 0) is 56.3 Å². The van der Waals surface area contributed by atoms with E-state index in [2.05, 4.69) is 0 Å². The minimum Gasteiger partial charge on any atom is -0.493 e. The fraction of sp³-hybridized carbons (Fsp3) is 0.286. The van der Waals surface area contributed by atoms with Crippen LogP contribution in [0.3, 0.4) is 0 Å². The average Bonchev–Trinajstić information content (AvgIpc) is 2.60. The number of allylic oxidation sites excluding steroid dienone is 1. The molecule has 4 heteroatoms. The number of rotatable bonds is 7. The van der Waals surface area contributed by atoms with E-state index < -0.39 is 0 Å². The molecule has 0 heterocycles. The van der Waals surface area contributed by atoms with Crippen molar-refractivity contribution < 1.29 is 14.3 Å². The van der Waals surface area contributed by atoms with Crippen LogP contribution < -0.4 is 14.4 Å². The summed E-state index contributed by atoms with van der Waals surface area (Å²) < 4.78 is 11.2. The maximum absolute atomic E-state index is 12.4. The molecule has 25 heavy (non-hydrogen) atoms. The number of para-hydroxylation sites is 1. The zero-order chi connectivity index (χ0) is 18.4. The number of hydrogen-bond donors (Lipinski definition) is 0. The maximum Gasteiger partial charge on any atom is 0.185 e. The highest BCUT2D eigenvalue weighted by Crippen LogP contribution is 2.33. The third-order valence-electron chi connectivity index (χ3n) is 3.67. The predicted molar refractivity (Wildman–Crippen MR) is 103 cm³/mol. The number of methoxy groups -OCH3 is 1. The van der Waals surface area contributed by atoms with E-state index in [1.54, 1.807) is 19.3 Å². The van der Waals surface area contributed by atoms with E-state index in [4.69, 9.17) is 9.47 Å². The summed E-state index contributed by atoms with van der Waals surface area (Å²) in [7, 11) is 5.54. The fourth-order valence-corrected chi connectivity index (χ4v) is 2.37. The number of ketones is 1. The molecule has 0 atom stereocenters. The van der Waals surface area contributed by atoms with Gasteiger partial charge in [0.2, 0.25) is 0 Å². The molecule has 0 aliphatic carbocycles. The van der Waals surface area contributed by atoms with Crippen molar-refractivity contribution in [2.24, 2.45) is 0 Å². The molecule has 0 unspecified atom stereocenters. The Morgan fingerprint density at radius 3 is 2.32 bits per heavy atom. The van der Waals surface area contributed by atoms with Gasteiger partial charge < -0.3 is 14.4 Å². The number of benzene rings is 2. The van der Waals surface area contributed by atoms with Gasteiger partial charge in [0.15, 0.2) is 17.3 Å². The lowest BCUT2D eigenvalue weighted by Gasteiger charge is -2.15. The monoisotopic (exact) mass is 339 g/mol. The fourth-order valence-electron chi connectivity index (χ4n) is 2.37. The Bertz CT molecular complexity index is 746. The minimum absolute atomic E-state index is 0.0118. The third-order valence-corrected chi connectivity index (χ3v) is 3.67. The van der Waals surface area contributed by atoms with Crippen molar-refractivity contribution in [3.63, 3.8) is 0 Å². The normalized spacial score (nSPS) is 11.0. The molecular weight excluding hydrogens is 314 g/mol. The van der Waals surface area contributed by atoms with Crippen LogP contribution in [0.25, 0.3) is 6.08 Å². The lowest BCUT2D eigenvalue weighted by atomic mass is 10.1. The smallest absolute Gasteiger partial charge is 0.185 e. The highest BCUT2D eigenvalue weighted by molar-refractivity contribution is 6.07. The second-order valence-corrected chi connectivity index (χ2v) is 6.18. The Kier molecular flexibility index (Phi) is 6.23. The topological polar surface area (TPSA) is 38.8 Å². The van der Waals surface area contributed by atoms with Gasteiger partial charge in [-0.15, -0.1) is 0 Å². The summed E-state index contributed by atoms with van der Waals surface area (Å²) in [4.78, 5) is 14.4. The largest absolute Gasteiger partial charge is 0.493 e. The first-order valence-corrected chi connectivity index (χ1v) is 8.26. The molecule has 0 saturated carbocycles. The number of ether oxygens (including phenoxy) is 2. The van der Waals surface area contributed by atoms with E-state index >= 15 is 0 Å². The van der Waals surface area contributed by atoms with Gasteiger partial charge in [0.25, 0.3) is 0 Å². The van der Waals surface area contributed by atoms with Crippen molar-refractivity contribution in [1.29, 1.82) is 0 Å². The van der Waals surface area contributed by atoms with Gasteiger partial charge in [-0.3, -0.25) is 4.79 Å². The molecular formula is C21H25NO3. The molecule has 4 nitrogen and oxygen atoms in total. The van der Waals surface area contributed by atoms with E-state index in [0.29, 0.717) is 17.1 Å². The van der Waals surface area contributed by atoms with Gasteiger partial charge in [-0.1, -0.05) is 12.1 Å². The molecule has 0 radical (unpaired) electrons. The quantitative estimate of drug-likeness (QED) is 0.552. The molecule has 0 bridgehead atoms. The summed E-state index contributed by atoms with van der Waals surface area (Å²) in [6.07, 6.45) is 3.34. The summed E-state index contributed by atoms with van der Waals surface area (Å²) in [6, 6.07) is 13.1. The van der Waals surface area contributed by atoms with Crippen LogP contribution >= 0.6 is 0 Å². The van der Waals surface area contributed by atoms with Gasteiger partial charge in [0.1, 0.15) is 0 Å². The van der Waals surface area contributed by atoms with Gasteiger partial charge in [0, 0.05) is 30.9 Å². The van der Waals surface area contributed by atoms with Crippen molar-refractivity contribution in [3.8, 4) is 11.5 Å². The van der Waals surface area contributed by atoms with E-state index in [1.165, 1.54) is 0 Å². The van der Waals surface area contributed by atoms with E-state index in [9.17, 15) is 4.79 Å². The van der Waals surface area contributed by atoms with Crippen LogP contribution in [-0.4, -0.2) is 33.1 Å². The first kappa shape index (κ1) is 18.6. The van der Waals surface area contributed by atoms with Gasteiger partial charge in [-0.2, -0.15) is 0 Å². The highest BCUT2D eigenvalue weighted by atomic mass is 16.5. The molecule has 0 saturated heterocycles. The summed E-state index contributed by atoms with van der Waals surface area (Å²) in [5, 5.41) is 0. The molecule has 2 aromatic rings. The zero-order valence-corrected chi connectivity index (χ0v) is 15.4. The first-order valence-electron chi connectivity index (χ1n) is 8.26. The van der Waals surface area contributed by atoms with Crippen LogP contribution in [-0.2, 0) is 0 Å². The van der Waals surface area contributed by atoms with Crippen LogP contribution in [0.1, 0.15) is 29.8 Å². The lowest BCUT2D eigenvalue weighted by Crippen LogP contribution is -2.08. The van der Waals surface area contributed by atoms with Crippen LogP contribution in [0.15, 0.2) is 48.5 Å². The Balaban J connectivity index is 2.24. The van der Waals surface area contributed by atoms with Crippen LogP contribution in [0.4, 0.5) is 5.69 Å². The molecule has 0 N–H and O–H groups in total. The minimum atomic E-state index is -0.0522. The van der Waals surface area contributed by atoms with E-state index in [0.717, 1.165) is 11.3 Å². The average molecular weight is 339 g/mol. The highest BCUT2D eigenvalue weighted by Gasteiger charge is 2.11. The Morgan fingerprint density at radius 2 is 1.76 bits per heavy atom. The molecule has 0 aliphatic heterocycles. The maximum atomic E-state index is 12.4. The van der Waals surface area contributed by atoms with Gasteiger partial charge in [0.05, 0.1) is 13.2 Å². The summed E-state index contributed by atoms with van der Waals surface area (Å²) in [5.41, 5.74) is 2.52. The van der Waals surface area contributed by atoms with Crippen LogP contribution in [0.2, 0.25) is 0 Å². The van der Waals surface area contributed by atoms with Crippen molar-refractivity contribution in [2.75, 3.05) is 26.1 Å². The second kappa shape index (κ2) is 8.38. The molecule has 2 rings (SSSR count). The first-order chi connectivity index (χ1) is 11.9. The van der Waals surface area contributed by atoms with Crippen LogP contribution in [0.5, 0.6) is 11.5 Å². The Morgan fingerprint density at radius 1 is 1.08 bits per heavy atom. The lowest BCUT2D eigenvalue weighted by molar-refractivity contribution is 0.104. The number of nitrogens with zero attached hydrogens (tertiary/aromatic N) is 1. The second-order valence-electron chi connectivity index (χ2n) is 6.18. The van der Waals surface area contributed by atoms with E-state index in [1.807, 2.05) is 75.3 Å². The Labute approximate surface area is 149 Å². The number of anilines is 1. The molecule has 2 aromatic carbocycles. The van der Waals surface area contributed by atoms with Gasteiger partial charge in [-0.25, -0.2) is 0 Å². The standard InChI is InChI=1S/C21H25NO3/c1-15(2)25-21-17(7-6-8-20(21)24-5)11-14-19(23)16-9-12-18(13-10-16)22(3)4/h6-15H,1-5H3.